The number of fused-ring (bicyclic) bond motifs is 1. The zero-order valence-electron chi connectivity index (χ0n) is 19.2. The van der Waals surface area contributed by atoms with Crippen LogP contribution in [0.25, 0.3) is 11.6 Å². The van der Waals surface area contributed by atoms with E-state index in [1.54, 1.807) is 12.1 Å². The van der Waals surface area contributed by atoms with Crippen molar-refractivity contribution >= 4 is 23.3 Å². The maximum atomic E-state index is 6.32. The molecule has 2 aliphatic rings. The fourth-order valence-electron chi connectivity index (χ4n) is 3.77. The second-order valence-electron chi connectivity index (χ2n) is 8.27. The van der Waals surface area contributed by atoms with Crippen LogP contribution in [-0.2, 0) is 9.47 Å². The SMILES string of the molecule is C=Cc1nc(N)ccc1/C(=C\C)C(C)(C)OCC(C)OC1=CC2C=CC(N)=NC2=CC=C1. The van der Waals surface area contributed by atoms with Gasteiger partial charge in [0, 0.05) is 11.5 Å². The van der Waals surface area contributed by atoms with Gasteiger partial charge in [-0.1, -0.05) is 24.8 Å². The standard InChI is InChI=1S/C26H32N4O2/c1-6-21(20-12-14-25(28)29-22(20)7-2)26(4,5)31-16-17(3)32-19-9-8-10-23-18(15-19)11-13-24(27)30-23/h6-15,17-18H,2,16H2,1,3-5H3,(H2,27,30)(H2,28,29)/b21-6+. The molecule has 0 radical (unpaired) electrons. The number of rotatable bonds is 8. The molecule has 2 heterocycles. The van der Waals surface area contributed by atoms with Gasteiger partial charge in [0.05, 0.1) is 23.6 Å². The number of nitrogens with two attached hydrogens (primary N) is 2. The van der Waals surface area contributed by atoms with E-state index in [0.29, 0.717) is 18.3 Å². The van der Waals surface area contributed by atoms with Crippen molar-refractivity contribution in [3.05, 3.63) is 84.0 Å². The topological polar surface area (TPSA) is 95.8 Å². The van der Waals surface area contributed by atoms with E-state index in [2.05, 4.69) is 16.6 Å². The van der Waals surface area contributed by atoms with Crippen molar-refractivity contribution in [2.75, 3.05) is 12.3 Å². The zero-order chi connectivity index (χ0) is 23.3. The molecule has 2 unspecified atom stereocenters. The van der Waals surface area contributed by atoms with E-state index in [9.17, 15) is 0 Å². The third-order valence-corrected chi connectivity index (χ3v) is 5.33. The number of allylic oxidation sites excluding steroid dienone is 5. The van der Waals surface area contributed by atoms with Crippen molar-refractivity contribution in [1.82, 2.24) is 4.98 Å². The first-order valence-corrected chi connectivity index (χ1v) is 10.7. The number of anilines is 1. The molecule has 1 aromatic rings. The molecule has 0 amide bonds. The van der Waals surface area contributed by atoms with Gasteiger partial charge in [-0.3, -0.25) is 0 Å². The third kappa shape index (κ3) is 5.45. The van der Waals surface area contributed by atoms with Gasteiger partial charge in [-0.15, -0.1) is 0 Å². The van der Waals surface area contributed by atoms with Crippen molar-refractivity contribution in [2.45, 2.75) is 39.4 Å². The Morgan fingerprint density at radius 2 is 2.06 bits per heavy atom. The summed E-state index contributed by atoms with van der Waals surface area (Å²) in [6, 6.07) is 3.75. The van der Waals surface area contributed by atoms with Crippen LogP contribution in [0.15, 0.2) is 77.7 Å². The van der Waals surface area contributed by atoms with Crippen LogP contribution in [0.2, 0.25) is 0 Å². The maximum absolute atomic E-state index is 6.32. The van der Waals surface area contributed by atoms with Crippen LogP contribution in [0, 0.1) is 5.92 Å². The number of hydrogen-bond donors (Lipinski definition) is 2. The fraction of sp³-hybridized carbons (Fsp3) is 0.308. The maximum Gasteiger partial charge on any atom is 0.124 e. The zero-order valence-corrected chi connectivity index (χ0v) is 19.2. The second kappa shape index (κ2) is 9.83. The first-order valence-electron chi connectivity index (χ1n) is 10.7. The molecule has 32 heavy (non-hydrogen) atoms. The van der Waals surface area contributed by atoms with Gasteiger partial charge in [-0.2, -0.15) is 0 Å². The van der Waals surface area contributed by atoms with Crippen LogP contribution in [0.4, 0.5) is 5.82 Å². The van der Waals surface area contributed by atoms with Crippen molar-refractivity contribution in [2.24, 2.45) is 16.6 Å². The molecule has 1 aliphatic carbocycles. The average molecular weight is 433 g/mol. The monoisotopic (exact) mass is 432 g/mol. The van der Waals surface area contributed by atoms with Gasteiger partial charge in [-0.25, -0.2) is 9.98 Å². The lowest BCUT2D eigenvalue weighted by Crippen LogP contribution is -2.31. The molecule has 4 N–H and O–H groups in total. The normalized spacial score (nSPS) is 19.3. The predicted molar refractivity (Wildman–Crippen MR) is 133 cm³/mol. The summed E-state index contributed by atoms with van der Waals surface area (Å²) in [5.41, 5.74) is 14.7. The lowest BCUT2D eigenvalue weighted by molar-refractivity contribution is -0.0301. The highest BCUT2D eigenvalue weighted by Gasteiger charge is 2.28. The van der Waals surface area contributed by atoms with Crippen LogP contribution in [-0.4, -0.2) is 29.1 Å². The third-order valence-electron chi connectivity index (χ3n) is 5.33. The van der Waals surface area contributed by atoms with Crippen molar-refractivity contribution in [3.63, 3.8) is 0 Å². The quantitative estimate of drug-likeness (QED) is 0.616. The van der Waals surface area contributed by atoms with Crippen LogP contribution >= 0.6 is 0 Å². The van der Waals surface area contributed by atoms with E-state index >= 15 is 0 Å². The van der Waals surface area contributed by atoms with Crippen LogP contribution in [0.1, 0.15) is 39.0 Å². The fourth-order valence-corrected chi connectivity index (χ4v) is 3.77. The summed E-state index contributed by atoms with van der Waals surface area (Å²) in [7, 11) is 0. The smallest absolute Gasteiger partial charge is 0.124 e. The summed E-state index contributed by atoms with van der Waals surface area (Å²) in [6.07, 6.45) is 15.3. The van der Waals surface area contributed by atoms with E-state index in [-0.39, 0.29) is 12.0 Å². The van der Waals surface area contributed by atoms with Gasteiger partial charge < -0.3 is 20.9 Å². The number of nitrogens with zero attached hydrogens (tertiary/aromatic N) is 2. The first-order chi connectivity index (χ1) is 15.2. The van der Waals surface area contributed by atoms with Crippen LogP contribution in [0.3, 0.4) is 0 Å². The number of ether oxygens (including phenoxy) is 2. The number of hydrogen-bond acceptors (Lipinski definition) is 6. The largest absolute Gasteiger partial charge is 0.489 e. The lowest BCUT2D eigenvalue weighted by atomic mass is 9.89. The van der Waals surface area contributed by atoms with Gasteiger partial charge in [0.25, 0.3) is 0 Å². The molecular weight excluding hydrogens is 400 g/mol. The van der Waals surface area contributed by atoms with Gasteiger partial charge in [-0.05, 0) is 75.8 Å². The molecule has 1 aromatic heterocycles. The molecule has 0 spiro atoms. The Hall–Kier alpha value is -3.38. The minimum atomic E-state index is -0.567. The van der Waals surface area contributed by atoms with E-state index in [1.165, 1.54) is 0 Å². The van der Waals surface area contributed by atoms with Gasteiger partial charge in [0.1, 0.15) is 23.5 Å². The summed E-state index contributed by atoms with van der Waals surface area (Å²) in [6.45, 7) is 12.3. The number of aliphatic imine (C=N–C) groups is 1. The highest BCUT2D eigenvalue weighted by molar-refractivity contribution is 5.93. The molecule has 168 valence electrons. The van der Waals surface area contributed by atoms with E-state index in [1.807, 2.05) is 76.3 Å². The number of aromatic nitrogens is 1. The first kappa shape index (κ1) is 23.3. The van der Waals surface area contributed by atoms with E-state index < -0.39 is 5.60 Å². The Kier molecular flexibility index (Phi) is 7.15. The summed E-state index contributed by atoms with van der Waals surface area (Å²) in [5, 5.41) is 0. The average Bonchev–Trinajstić information content (AvgIpc) is 2.95. The molecule has 3 rings (SSSR count). The highest BCUT2D eigenvalue weighted by atomic mass is 16.5. The Balaban J connectivity index is 1.67. The summed E-state index contributed by atoms with van der Waals surface area (Å²) in [4.78, 5) is 8.78. The molecule has 0 fully saturated rings. The Bertz CT molecular complexity index is 1060. The number of dihydropyridines is 1. The molecule has 2 atom stereocenters. The lowest BCUT2D eigenvalue weighted by Gasteiger charge is -2.31. The minimum Gasteiger partial charge on any atom is -0.489 e. The molecule has 0 bridgehead atoms. The molecule has 0 aromatic carbocycles. The summed E-state index contributed by atoms with van der Waals surface area (Å²) in [5.74, 6) is 1.79. The van der Waals surface area contributed by atoms with E-state index in [4.69, 9.17) is 20.9 Å². The molecule has 0 saturated heterocycles. The minimum absolute atomic E-state index is 0.0434. The number of pyridine rings is 1. The summed E-state index contributed by atoms with van der Waals surface area (Å²) >= 11 is 0. The highest BCUT2D eigenvalue weighted by Crippen LogP contribution is 2.33. The van der Waals surface area contributed by atoms with Crippen LogP contribution < -0.4 is 11.5 Å². The Labute approximate surface area is 190 Å². The van der Waals surface area contributed by atoms with Crippen molar-refractivity contribution in [3.8, 4) is 0 Å². The Morgan fingerprint density at radius 1 is 1.28 bits per heavy atom. The molecule has 6 nitrogen and oxygen atoms in total. The number of nitrogen functional groups attached to an aromatic ring is 1. The molecule has 6 heteroatoms. The van der Waals surface area contributed by atoms with Crippen molar-refractivity contribution < 1.29 is 9.47 Å². The molecule has 1 aliphatic heterocycles. The Morgan fingerprint density at radius 3 is 2.78 bits per heavy atom. The predicted octanol–water partition coefficient (Wildman–Crippen LogP) is 4.79. The molecule has 0 saturated carbocycles. The van der Waals surface area contributed by atoms with Gasteiger partial charge in [0.15, 0.2) is 0 Å². The van der Waals surface area contributed by atoms with Crippen molar-refractivity contribution in [1.29, 1.82) is 0 Å². The summed E-state index contributed by atoms with van der Waals surface area (Å²) < 4.78 is 12.5. The second-order valence-corrected chi connectivity index (χ2v) is 8.27. The number of amidine groups is 1. The molecular formula is C26H32N4O2. The van der Waals surface area contributed by atoms with Gasteiger partial charge in [0.2, 0.25) is 0 Å². The van der Waals surface area contributed by atoms with E-state index in [0.717, 1.165) is 28.3 Å². The van der Waals surface area contributed by atoms with Gasteiger partial charge >= 0.3 is 0 Å². The van der Waals surface area contributed by atoms with Crippen LogP contribution in [0.5, 0.6) is 0 Å².